The summed E-state index contributed by atoms with van der Waals surface area (Å²) in [4.78, 5) is 25.2. The van der Waals surface area contributed by atoms with Crippen LogP contribution < -0.4 is 5.32 Å². The van der Waals surface area contributed by atoms with Gasteiger partial charge in [0.1, 0.15) is 11.5 Å². The predicted octanol–water partition coefficient (Wildman–Crippen LogP) is 2.38. The molecule has 0 unspecified atom stereocenters. The lowest BCUT2D eigenvalue weighted by molar-refractivity contribution is 0.0949. The molecule has 3 aromatic heterocycles. The van der Waals surface area contributed by atoms with Crippen molar-refractivity contribution < 1.29 is 4.79 Å². The van der Waals surface area contributed by atoms with Crippen LogP contribution in [0.2, 0.25) is 0 Å². The third kappa shape index (κ3) is 3.21. The summed E-state index contributed by atoms with van der Waals surface area (Å²) in [5.41, 5.74) is 1.18. The van der Waals surface area contributed by atoms with E-state index in [1.165, 1.54) is 0 Å². The maximum atomic E-state index is 12.4. The van der Waals surface area contributed by atoms with Crippen molar-refractivity contribution in [2.24, 2.45) is 0 Å². The van der Waals surface area contributed by atoms with Crippen LogP contribution in [-0.2, 0) is 6.54 Å². The van der Waals surface area contributed by atoms with Gasteiger partial charge in [0, 0.05) is 49.2 Å². The standard InChI is InChI=1S/C17H19N5O/c1-12(2)16-20-8-10-22(16)11-9-21-17(23)15-13-4-3-6-18-14(13)5-7-19-15/h3-8,10,12H,9,11H2,1-2H3,(H,21,23). The lowest BCUT2D eigenvalue weighted by Crippen LogP contribution is -2.28. The third-order valence-corrected chi connectivity index (χ3v) is 3.65. The van der Waals surface area contributed by atoms with Gasteiger partial charge in [0.25, 0.3) is 5.91 Å². The Bertz CT molecular complexity index is 819. The van der Waals surface area contributed by atoms with E-state index in [2.05, 4.69) is 38.7 Å². The number of nitrogens with one attached hydrogen (secondary N) is 1. The lowest BCUT2D eigenvalue weighted by Gasteiger charge is -2.11. The van der Waals surface area contributed by atoms with Crippen LogP contribution in [0.5, 0.6) is 0 Å². The number of amides is 1. The summed E-state index contributed by atoms with van der Waals surface area (Å²) in [6, 6.07) is 5.46. The Labute approximate surface area is 134 Å². The van der Waals surface area contributed by atoms with Gasteiger partial charge in [0.15, 0.2) is 0 Å². The molecule has 6 heteroatoms. The molecule has 0 spiro atoms. The van der Waals surface area contributed by atoms with E-state index in [0.29, 0.717) is 24.7 Å². The molecule has 0 aliphatic carbocycles. The minimum atomic E-state index is -0.185. The van der Waals surface area contributed by atoms with E-state index >= 15 is 0 Å². The fourth-order valence-corrected chi connectivity index (χ4v) is 2.57. The predicted molar refractivity (Wildman–Crippen MR) is 88.2 cm³/mol. The van der Waals surface area contributed by atoms with E-state index in [1.807, 2.05) is 12.3 Å². The first kappa shape index (κ1) is 15.1. The Morgan fingerprint density at radius 1 is 1.17 bits per heavy atom. The molecule has 0 saturated carbocycles. The van der Waals surface area contributed by atoms with E-state index in [-0.39, 0.29) is 5.91 Å². The fourth-order valence-electron chi connectivity index (χ4n) is 2.57. The first-order valence-electron chi connectivity index (χ1n) is 7.66. The highest BCUT2D eigenvalue weighted by atomic mass is 16.1. The Balaban J connectivity index is 1.68. The van der Waals surface area contributed by atoms with Crippen LogP contribution >= 0.6 is 0 Å². The number of carbonyl (C=O) groups is 1. The van der Waals surface area contributed by atoms with E-state index in [9.17, 15) is 4.79 Å². The summed E-state index contributed by atoms with van der Waals surface area (Å²) in [7, 11) is 0. The first-order chi connectivity index (χ1) is 11.2. The molecule has 3 heterocycles. The van der Waals surface area contributed by atoms with Gasteiger partial charge in [0.2, 0.25) is 0 Å². The number of nitrogens with zero attached hydrogens (tertiary/aromatic N) is 4. The molecule has 0 fully saturated rings. The zero-order chi connectivity index (χ0) is 16.2. The topological polar surface area (TPSA) is 72.7 Å². The van der Waals surface area contributed by atoms with Crippen LogP contribution in [0.3, 0.4) is 0 Å². The minimum Gasteiger partial charge on any atom is -0.349 e. The van der Waals surface area contributed by atoms with Crippen LogP contribution in [0.4, 0.5) is 0 Å². The van der Waals surface area contributed by atoms with Gasteiger partial charge in [-0.2, -0.15) is 0 Å². The Kier molecular flexibility index (Phi) is 4.32. The minimum absolute atomic E-state index is 0.185. The van der Waals surface area contributed by atoms with Crippen LogP contribution in [0, 0.1) is 0 Å². The van der Waals surface area contributed by atoms with E-state index in [4.69, 9.17) is 0 Å². The number of aromatic nitrogens is 4. The number of carbonyl (C=O) groups excluding carboxylic acids is 1. The number of rotatable bonds is 5. The normalized spacial score (nSPS) is 11.1. The molecule has 0 bridgehead atoms. The highest BCUT2D eigenvalue weighted by molar-refractivity contribution is 6.04. The molecule has 0 aliphatic rings. The zero-order valence-corrected chi connectivity index (χ0v) is 13.2. The number of imidazole rings is 1. The molecule has 0 aliphatic heterocycles. The van der Waals surface area contributed by atoms with Gasteiger partial charge in [-0.25, -0.2) is 4.98 Å². The summed E-state index contributed by atoms with van der Waals surface area (Å²) >= 11 is 0. The lowest BCUT2D eigenvalue weighted by atomic mass is 10.2. The highest BCUT2D eigenvalue weighted by Gasteiger charge is 2.12. The Morgan fingerprint density at radius 2 is 2.04 bits per heavy atom. The Morgan fingerprint density at radius 3 is 2.87 bits per heavy atom. The van der Waals surface area contributed by atoms with Crippen LogP contribution in [0.25, 0.3) is 10.9 Å². The van der Waals surface area contributed by atoms with E-state index in [1.54, 1.807) is 30.7 Å². The molecule has 1 N–H and O–H groups in total. The number of hydrogen-bond acceptors (Lipinski definition) is 4. The molecule has 3 rings (SSSR count). The molecular weight excluding hydrogens is 290 g/mol. The van der Waals surface area contributed by atoms with Crippen molar-refractivity contribution in [1.82, 2.24) is 24.8 Å². The number of pyridine rings is 2. The van der Waals surface area contributed by atoms with Gasteiger partial charge in [0.05, 0.1) is 5.52 Å². The number of hydrogen-bond donors (Lipinski definition) is 1. The second kappa shape index (κ2) is 6.56. The molecule has 0 aromatic carbocycles. The van der Waals surface area contributed by atoms with Crippen molar-refractivity contribution >= 4 is 16.8 Å². The maximum Gasteiger partial charge on any atom is 0.270 e. The largest absolute Gasteiger partial charge is 0.349 e. The van der Waals surface area contributed by atoms with Crippen molar-refractivity contribution in [3.8, 4) is 0 Å². The average Bonchev–Trinajstić information content (AvgIpc) is 3.03. The second-order valence-electron chi connectivity index (χ2n) is 5.62. The van der Waals surface area contributed by atoms with Crippen LogP contribution in [0.15, 0.2) is 43.0 Å². The molecular formula is C17H19N5O. The van der Waals surface area contributed by atoms with Gasteiger partial charge in [-0.05, 0) is 18.2 Å². The maximum absolute atomic E-state index is 12.4. The molecule has 1 amide bonds. The fraction of sp³-hybridized carbons (Fsp3) is 0.294. The first-order valence-corrected chi connectivity index (χ1v) is 7.66. The molecule has 118 valence electrons. The van der Waals surface area contributed by atoms with E-state index < -0.39 is 0 Å². The summed E-state index contributed by atoms with van der Waals surface area (Å²) in [5, 5.41) is 3.68. The summed E-state index contributed by atoms with van der Waals surface area (Å²) in [5.74, 6) is 1.19. The SMILES string of the molecule is CC(C)c1nccn1CCNC(=O)c1nccc2ncccc12. The third-order valence-electron chi connectivity index (χ3n) is 3.65. The van der Waals surface area contributed by atoms with Crippen LogP contribution in [0.1, 0.15) is 36.1 Å². The highest BCUT2D eigenvalue weighted by Crippen LogP contribution is 2.14. The van der Waals surface area contributed by atoms with Gasteiger partial charge in [-0.15, -0.1) is 0 Å². The van der Waals surface area contributed by atoms with E-state index in [0.717, 1.165) is 16.7 Å². The summed E-state index contributed by atoms with van der Waals surface area (Å²) < 4.78 is 2.06. The zero-order valence-electron chi connectivity index (χ0n) is 13.2. The molecule has 0 saturated heterocycles. The van der Waals surface area contributed by atoms with Crippen molar-refractivity contribution in [3.05, 3.63) is 54.5 Å². The molecule has 3 aromatic rings. The molecule has 6 nitrogen and oxygen atoms in total. The van der Waals surface area contributed by atoms with Gasteiger partial charge < -0.3 is 9.88 Å². The number of fused-ring (bicyclic) bond motifs is 1. The van der Waals surface area contributed by atoms with Crippen molar-refractivity contribution in [3.63, 3.8) is 0 Å². The van der Waals surface area contributed by atoms with Gasteiger partial charge >= 0.3 is 0 Å². The average molecular weight is 309 g/mol. The summed E-state index contributed by atoms with van der Waals surface area (Å²) in [6.07, 6.45) is 7.03. The Hall–Kier alpha value is -2.76. The molecule has 0 atom stereocenters. The summed E-state index contributed by atoms with van der Waals surface area (Å²) in [6.45, 7) is 5.41. The van der Waals surface area contributed by atoms with Gasteiger partial charge in [-0.3, -0.25) is 14.8 Å². The smallest absolute Gasteiger partial charge is 0.270 e. The second-order valence-corrected chi connectivity index (χ2v) is 5.62. The van der Waals surface area contributed by atoms with Crippen molar-refractivity contribution in [1.29, 1.82) is 0 Å². The monoisotopic (exact) mass is 309 g/mol. The van der Waals surface area contributed by atoms with Crippen LogP contribution in [-0.4, -0.2) is 32.0 Å². The quantitative estimate of drug-likeness (QED) is 0.785. The van der Waals surface area contributed by atoms with Crippen molar-refractivity contribution in [2.75, 3.05) is 6.54 Å². The molecule has 0 radical (unpaired) electrons. The van der Waals surface area contributed by atoms with Gasteiger partial charge in [-0.1, -0.05) is 13.8 Å². The molecule has 23 heavy (non-hydrogen) atoms. The van der Waals surface area contributed by atoms with Crippen molar-refractivity contribution in [2.45, 2.75) is 26.3 Å².